The van der Waals surface area contributed by atoms with Crippen molar-refractivity contribution in [3.8, 4) is 0 Å². The molecule has 0 fully saturated rings. The smallest absolute Gasteiger partial charge is 0.269 e. The third-order valence-electron chi connectivity index (χ3n) is 3.40. The lowest BCUT2D eigenvalue weighted by atomic mass is 10.2. The molecule has 3 aromatic rings. The van der Waals surface area contributed by atoms with Gasteiger partial charge in [0, 0.05) is 10.0 Å². The first-order chi connectivity index (χ1) is 12.5. The molecule has 0 unspecified atom stereocenters. The predicted octanol–water partition coefficient (Wildman–Crippen LogP) is 3.46. The summed E-state index contributed by atoms with van der Waals surface area (Å²) >= 11 is 3.19. The summed E-state index contributed by atoms with van der Waals surface area (Å²) in [6, 6.07) is 13.2. The quantitative estimate of drug-likeness (QED) is 0.474. The topological polar surface area (TPSA) is 105 Å². The lowest BCUT2D eigenvalue weighted by molar-refractivity contribution is 0.0962. The number of nitrogens with one attached hydrogen (secondary N) is 3. The molecule has 0 aliphatic heterocycles. The number of nitrogens with two attached hydrogens (primary N) is 1. The summed E-state index contributed by atoms with van der Waals surface area (Å²) in [5.74, 6) is -0.427. The van der Waals surface area contributed by atoms with E-state index >= 15 is 0 Å². The minimum Gasteiger partial charge on any atom is -0.393 e. The maximum atomic E-state index is 14.0. The third-order valence-corrected chi connectivity index (χ3v) is 3.89. The van der Waals surface area contributed by atoms with Gasteiger partial charge in [-0.1, -0.05) is 34.1 Å². The summed E-state index contributed by atoms with van der Waals surface area (Å²) in [5, 5.41) is 2.80. The van der Waals surface area contributed by atoms with Crippen molar-refractivity contribution >= 4 is 44.8 Å². The number of aromatic nitrogens is 2. The van der Waals surface area contributed by atoms with Crippen molar-refractivity contribution in [2.45, 2.75) is 0 Å². The molecule has 9 heteroatoms. The minimum absolute atomic E-state index is 0.128. The van der Waals surface area contributed by atoms with E-state index in [9.17, 15) is 9.18 Å². The van der Waals surface area contributed by atoms with Gasteiger partial charge in [0.1, 0.15) is 17.8 Å². The Hall–Kier alpha value is -3.20. The van der Waals surface area contributed by atoms with Crippen LogP contribution in [0.25, 0.3) is 0 Å². The van der Waals surface area contributed by atoms with Crippen molar-refractivity contribution in [3.05, 3.63) is 70.7 Å². The first-order valence-corrected chi connectivity index (χ1v) is 8.28. The lowest BCUT2D eigenvalue weighted by Gasteiger charge is -2.13. The van der Waals surface area contributed by atoms with Gasteiger partial charge in [-0.05, 0) is 30.3 Å². The van der Waals surface area contributed by atoms with Crippen molar-refractivity contribution in [2.75, 3.05) is 16.5 Å². The largest absolute Gasteiger partial charge is 0.393 e. The number of hydrogen-bond donors (Lipinski definition) is 4. The zero-order valence-corrected chi connectivity index (χ0v) is 14.9. The van der Waals surface area contributed by atoms with Gasteiger partial charge in [0.05, 0.1) is 5.69 Å². The van der Waals surface area contributed by atoms with Gasteiger partial charge >= 0.3 is 0 Å². The van der Waals surface area contributed by atoms with Crippen LogP contribution in [0.1, 0.15) is 10.4 Å². The van der Waals surface area contributed by atoms with Gasteiger partial charge in [0.25, 0.3) is 5.91 Å². The summed E-state index contributed by atoms with van der Waals surface area (Å²) in [5.41, 5.74) is 12.0. The highest BCUT2D eigenvalue weighted by molar-refractivity contribution is 9.10. The number of nitrogen functional groups attached to an aromatic ring is 1. The Morgan fingerprint density at radius 3 is 2.54 bits per heavy atom. The molecule has 26 heavy (non-hydrogen) atoms. The standard InChI is InChI=1S/C17H14BrFN6O/c18-11-6-7-13(12(19)8-11)23-15-14(20)16(22-9-21-15)24-25-17(26)10-4-2-1-3-5-10/h1-9H,20H2,(H,25,26)(H2,21,22,23,24). The molecular weight excluding hydrogens is 403 g/mol. The molecule has 0 aliphatic carbocycles. The lowest BCUT2D eigenvalue weighted by Crippen LogP contribution is -2.30. The van der Waals surface area contributed by atoms with Crippen molar-refractivity contribution in [1.29, 1.82) is 0 Å². The normalized spacial score (nSPS) is 10.2. The average molecular weight is 417 g/mol. The zero-order valence-electron chi connectivity index (χ0n) is 13.3. The van der Waals surface area contributed by atoms with Crippen LogP contribution in [0.5, 0.6) is 0 Å². The van der Waals surface area contributed by atoms with E-state index < -0.39 is 5.82 Å². The number of benzene rings is 2. The predicted molar refractivity (Wildman–Crippen MR) is 101 cm³/mol. The first kappa shape index (κ1) is 17.6. The average Bonchev–Trinajstić information content (AvgIpc) is 2.65. The summed E-state index contributed by atoms with van der Waals surface area (Å²) in [6.45, 7) is 0. The molecule has 5 N–H and O–H groups in total. The number of amides is 1. The van der Waals surface area contributed by atoms with Crippen LogP contribution < -0.4 is 21.9 Å². The SMILES string of the molecule is Nc1c(NNC(=O)c2ccccc2)ncnc1Nc1ccc(Br)cc1F. The van der Waals surface area contributed by atoms with E-state index in [2.05, 4.69) is 42.1 Å². The monoisotopic (exact) mass is 416 g/mol. The molecule has 3 rings (SSSR count). The van der Waals surface area contributed by atoms with Crippen LogP contribution in [0.4, 0.5) is 27.4 Å². The maximum Gasteiger partial charge on any atom is 0.269 e. The van der Waals surface area contributed by atoms with Gasteiger partial charge in [-0.3, -0.25) is 15.6 Å². The molecule has 2 aromatic carbocycles. The number of carbonyl (C=O) groups is 1. The second kappa shape index (κ2) is 7.79. The maximum absolute atomic E-state index is 14.0. The van der Waals surface area contributed by atoms with E-state index in [1.807, 2.05) is 6.07 Å². The van der Waals surface area contributed by atoms with E-state index in [1.54, 1.807) is 36.4 Å². The summed E-state index contributed by atoms with van der Waals surface area (Å²) in [7, 11) is 0. The van der Waals surface area contributed by atoms with Gasteiger partial charge in [0.15, 0.2) is 11.6 Å². The van der Waals surface area contributed by atoms with Crippen molar-refractivity contribution in [3.63, 3.8) is 0 Å². The minimum atomic E-state index is -0.468. The zero-order chi connectivity index (χ0) is 18.5. The Balaban J connectivity index is 1.74. The van der Waals surface area contributed by atoms with E-state index in [4.69, 9.17) is 5.73 Å². The summed E-state index contributed by atoms with van der Waals surface area (Å²) in [6.07, 6.45) is 1.24. The number of carbonyl (C=O) groups excluding carboxylic acids is 1. The highest BCUT2D eigenvalue weighted by atomic mass is 79.9. The number of nitrogens with zero attached hydrogens (tertiary/aromatic N) is 2. The number of hydrazine groups is 1. The molecular formula is C17H14BrFN6O. The Labute approximate surface area is 157 Å². The van der Waals surface area contributed by atoms with Crippen LogP contribution in [0.3, 0.4) is 0 Å². The fourth-order valence-electron chi connectivity index (χ4n) is 2.09. The molecule has 1 amide bonds. The van der Waals surface area contributed by atoms with Crippen LogP contribution in [0.2, 0.25) is 0 Å². The fourth-order valence-corrected chi connectivity index (χ4v) is 2.42. The molecule has 132 valence electrons. The summed E-state index contributed by atoms with van der Waals surface area (Å²) < 4.78 is 14.6. The van der Waals surface area contributed by atoms with Crippen LogP contribution in [-0.4, -0.2) is 15.9 Å². The second-order valence-electron chi connectivity index (χ2n) is 5.18. The van der Waals surface area contributed by atoms with Crippen LogP contribution in [-0.2, 0) is 0 Å². The van der Waals surface area contributed by atoms with Gasteiger partial charge in [-0.15, -0.1) is 0 Å². The molecule has 1 heterocycles. The number of halogens is 2. The molecule has 0 saturated carbocycles. The van der Waals surface area contributed by atoms with Gasteiger partial charge in [-0.2, -0.15) is 0 Å². The van der Waals surface area contributed by atoms with Gasteiger partial charge in [0.2, 0.25) is 0 Å². The molecule has 0 aliphatic rings. The fraction of sp³-hybridized carbons (Fsp3) is 0. The Morgan fingerprint density at radius 2 is 1.81 bits per heavy atom. The van der Waals surface area contributed by atoms with Crippen LogP contribution in [0.15, 0.2) is 59.3 Å². The summed E-state index contributed by atoms with van der Waals surface area (Å²) in [4.78, 5) is 20.0. The second-order valence-corrected chi connectivity index (χ2v) is 6.09. The molecule has 0 bridgehead atoms. The van der Waals surface area contributed by atoms with E-state index in [0.29, 0.717) is 10.0 Å². The Bertz CT molecular complexity index is 938. The third kappa shape index (κ3) is 4.06. The van der Waals surface area contributed by atoms with Gasteiger partial charge in [-0.25, -0.2) is 14.4 Å². The molecule has 0 spiro atoms. The van der Waals surface area contributed by atoms with E-state index in [0.717, 1.165) is 0 Å². The number of hydrogen-bond acceptors (Lipinski definition) is 6. The van der Waals surface area contributed by atoms with E-state index in [1.165, 1.54) is 12.4 Å². The van der Waals surface area contributed by atoms with E-state index in [-0.39, 0.29) is 28.9 Å². The highest BCUT2D eigenvalue weighted by Crippen LogP contribution is 2.27. The van der Waals surface area contributed by atoms with Crippen molar-refractivity contribution in [2.24, 2.45) is 0 Å². The molecule has 0 atom stereocenters. The highest BCUT2D eigenvalue weighted by Gasteiger charge is 2.12. The molecule has 1 aromatic heterocycles. The van der Waals surface area contributed by atoms with Gasteiger partial charge < -0.3 is 11.1 Å². The Kier molecular flexibility index (Phi) is 5.28. The molecule has 0 saturated heterocycles. The van der Waals surface area contributed by atoms with Crippen molar-refractivity contribution in [1.82, 2.24) is 15.4 Å². The van der Waals surface area contributed by atoms with Crippen LogP contribution in [0, 0.1) is 5.82 Å². The molecule has 0 radical (unpaired) electrons. The number of anilines is 4. The van der Waals surface area contributed by atoms with Crippen molar-refractivity contribution < 1.29 is 9.18 Å². The number of rotatable bonds is 5. The first-order valence-electron chi connectivity index (χ1n) is 7.48. The van der Waals surface area contributed by atoms with Crippen LogP contribution >= 0.6 is 15.9 Å². The molecule has 7 nitrogen and oxygen atoms in total. The Morgan fingerprint density at radius 1 is 1.08 bits per heavy atom.